The Kier molecular flexibility index (Phi) is 11.8. The molecule has 0 saturated carbocycles. The van der Waals surface area contributed by atoms with E-state index in [0.717, 1.165) is 39.8 Å². The summed E-state index contributed by atoms with van der Waals surface area (Å²) in [6.07, 6.45) is 7.06. The maximum absolute atomic E-state index is 13.7. The van der Waals surface area contributed by atoms with Gasteiger partial charge in [0.15, 0.2) is 20.0 Å². The number of unbranched alkanes of at least 4 members (excludes halogenated alkanes) is 3. The van der Waals surface area contributed by atoms with Gasteiger partial charge in [0, 0.05) is 22.3 Å². The van der Waals surface area contributed by atoms with Crippen LogP contribution in [-0.4, -0.2) is 11.6 Å². The van der Waals surface area contributed by atoms with E-state index in [2.05, 4.69) is 19.2 Å². The summed E-state index contributed by atoms with van der Waals surface area (Å²) in [7, 11) is -0.289. The molecule has 4 heteroatoms. The Morgan fingerprint density at radius 3 is 1.74 bits per heavy atom. The topological polar surface area (TPSA) is 51.2 Å². The summed E-state index contributed by atoms with van der Waals surface area (Å²) in [5.74, 6) is -0.490. The van der Waals surface area contributed by atoms with Gasteiger partial charge in [-0.05, 0) is 88.8 Å². The third kappa shape index (κ3) is 7.57. The number of ketones is 2. The zero-order valence-corrected chi connectivity index (χ0v) is 24.7. The number of hydrogen-bond donors (Lipinski definition) is 0. The monoisotopic (exact) mass is 526 g/mol. The van der Waals surface area contributed by atoms with Crippen molar-refractivity contribution in [2.45, 2.75) is 74.1 Å². The fourth-order valence-corrected chi connectivity index (χ4v) is 5.44. The lowest BCUT2D eigenvalue weighted by molar-refractivity contribution is 0.100. The van der Waals surface area contributed by atoms with E-state index in [9.17, 15) is 14.2 Å². The van der Waals surface area contributed by atoms with E-state index in [0.29, 0.717) is 16.4 Å². The minimum absolute atomic E-state index is 0.216. The molecule has 0 unspecified atom stereocenters. The van der Waals surface area contributed by atoms with Crippen LogP contribution in [0.1, 0.15) is 97.8 Å². The molecular formula is C34H39O3P. The van der Waals surface area contributed by atoms with Crippen LogP contribution in [0.25, 0.3) is 0 Å². The maximum atomic E-state index is 13.7. The van der Waals surface area contributed by atoms with Crippen molar-refractivity contribution in [3.8, 4) is 0 Å². The van der Waals surface area contributed by atoms with Crippen LogP contribution in [-0.2, 0) is 4.57 Å². The van der Waals surface area contributed by atoms with Crippen molar-refractivity contribution >= 4 is 25.3 Å². The first kappa shape index (κ1) is 30.8. The molecule has 0 heterocycles. The molecule has 198 valence electrons. The number of hydrogen-bond acceptors (Lipinski definition) is 3. The molecular weight excluding hydrogens is 487 g/mol. The summed E-state index contributed by atoms with van der Waals surface area (Å²) in [4.78, 5) is 27.3. The third-order valence-electron chi connectivity index (χ3n) is 6.52. The first-order valence-electron chi connectivity index (χ1n) is 13.1. The van der Waals surface area contributed by atoms with Crippen LogP contribution >= 0.6 is 8.46 Å². The smallest absolute Gasteiger partial charge is 0.195 e. The lowest BCUT2D eigenvalue weighted by atomic mass is 9.87. The zero-order valence-electron chi connectivity index (χ0n) is 23.8. The van der Waals surface area contributed by atoms with E-state index in [-0.39, 0.29) is 31.2 Å². The number of carbonyl (C=O) groups is 2. The Morgan fingerprint density at radius 2 is 1.29 bits per heavy atom. The van der Waals surface area contributed by atoms with Gasteiger partial charge in [-0.15, -0.1) is 5.73 Å². The van der Waals surface area contributed by atoms with Crippen molar-refractivity contribution in [1.82, 2.24) is 0 Å². The minimum atomic E-state index is -0.289. The van der Waals surface area contributed by atoms with Crippen LogP contribution in [0.5, 0.6) is 0 Å². The number of rotatable bonds is 9. The van der Waals surface area contributed by atoms with Gasteiger partial charge in [0.05, 0.1) is 5.30 Å². The van der Waals surface area contributed by atoms with Crippen LogP contribution in [0.2, 0.25) is 0 Å². The molecule has 0 aromatic heterocycles. The predicted molar refractivity (Wildman–Crippen MR) is 160 cm³/mol. The number of allylic oxidation sites excluding steroid dienone is 1. The summed E-state index contributed by atoms with van der Waals surface area (Å²) in [6, 6.07) is 12.8. The molecule has 3 aromatic rings. The van der Waals surface area contributed by atoms with E-state index in [1.165, 1.54) is 19.3 Å². The standard InChI is InChI=1S/C26H25O3P.C8H14/c1-14-10-16(3)22(17(4)11-14)25(27)20-8-7-9-21(30-29)24(20)26(28)23-18(5)12-15(2)13-19(23)6;1-3-5-7-8-6-4-2/h7-13H,1-6H3;5H,1,4,6-8H2,2H3. The zero-order chi connectivity index (χ0) is 28.4. The second kappa shape index (κ2) is 14.5. The Hall–Kier alpha value is -3.38. The molecule has 3 rings (SSSR count). The largest absolute Gasteiger partial charge is 0.289 e. The number of benzene rings is 3. The van der Waals surface area contributed by atoms with Crippen LogP contribution < -0.4 is 5.30 Å². The van der Waals surface area contributed by atoms with Crippen molar-refractivity contribution in [2.75, 3.05) is 0 Å². The van der Waals surface area contributed by atoms with Gasteiger partial charge in [0.2, 0.25) is 0 Å². The van der Waals surface area contributed by atoms with Crippen molar-refractivity contribution in [2.24, 2.45) is 0 Å². The van der Waals surface area contributed by atoms with E-state index < -0.39 is 0 Å². The molecule has 3 nitrogen and oxygen atoms in total. The number of carbonyl (C=O) groups excluding carboxylic acids is 2. The van der Waals surface area contributed by atoms with E-state index in [4.69, 9.17) is 0 Å². The summed E-state index contributed by atoms with van der Waals surface area (Å²) in [6.45, 7) is 17.2. The Balaban J connectivity index is 0.000000550. The molecule has 3 aromatic carbocycles. The molecule has 0 spiro atoms. The van der Waals surface area contributed by atoms with Crippen molar-refractivity contribution in [1.29, 1.82) is 0 Å². The van der Waals surface area contributed by atoms with E-state index in [1.54, 1.807) is 18.2 Å². The fourth-order valence-electron chi connectivity index (χ4n) is 4.98. The average molecular weight is 527 g/mol. The minimum Gasteiger partial charge on any atom is -0.289 e. The molecule has 0 radical (unpaired) electrons. The first-order chi connectivity index (χ1) is 18.1. The average Bonchev–Trinajstić information content (AvgIpc) is 2.85. The Bertz CT molecular complexity index is 1340. The summed E-state index contributed by atoms with van der Waals surface area (Å²) in [5, 5.41) is 0.327. The highest BCUT2D eigenvalue weighted by atomic mass is 31.1. The van der Waals surface area contributed by atoms with E-state index in [1.807, 2.05) is 71.9 Å². The normalized spacial score (nSPS) is 10.4. The third-order valence-corrected chi connectivity index (χ3v) is 7.09. The van der Waals surface area contributed by atoms with E-state index >= 15 is 0 Å². The molecule has 0 fully saturated rings. The van der Waals surface area contributed by atoms with Gasteiger partial charge in [0.25, 0.3) is 0 Å². The summed E-state index contributed by atoms with van der Waals surface area (Å²) < 4.78 is 11.9. The van der Waals surface area contributed by atoms with Crippen LogP contribution in [0.4, 0.5) is 0 Å². The molecule has 38 heavy (non-hydrogen) atoms. The fraction of sp³-hybridized carbons (Fsp3) is 0.324. The van der Waals surface area contributed by atoms with Gasteiger partial charge < -0.3 is 0 Å². The van der Waals surface area contributed by atoms with Gasteiger partial charge in [0.1, 0.15) is 0 Å². The SMILES string of the molecule is C=C=CCCCCC.Cc1cc(C)c(C(=O)c2cccc(P=O)c2C(=O)c2c(C)cc(C)cc2C)c(C)c1. The van der Waals surface area contributed by atoms with Crippen molar-refractivity contribution in [3.05, 3.63) is 116 Å². The molecule has 0 atom stereocenters. The van der Waals surface area contributed by atoms with Crippen LogP contribution in [0.15, 0.2) is 60.9 Å². The summed E-state index contributed by atoms with van der Waals surface area (Å²) >= 11 is 0. The lowest BCUT2D eigenvalue weighted by Gasteiger charge is -2.16. The van der Waals surface area contributed by atoms with Crippen molar-refractivity contribution < 1.29 is 14.2 Å². The van der Waals surface area contributed by atoms with Gasteiger partial charge >= 0.3 is 0 Å². The molecule has 0 N–H and O–H groups in total. The highest BCUT2D eigenvalue weighted by Gasteiger charge is 2.26. The van der Waals surface area contributed by atoms with Crippen molar-refractivity contribution in [3.63, 3.8) is 0 Å². The molecule has 0 bridgehead atoms. The molecule has 0 aliphatic carbocycles. The number of aryl methyl sites for hydroxylation is 6. The van der Waals surface area contributed by atoms with Crippen LogP contribution in [0, 0.1) is 41.5 Å². The molecule has 0 saturated heterocycles. The van der Waals surface area contributed by atoms with Gasteiger partial charge in [-0.1, -0.05) is 73.9 Å². The molecule has 0 amide bonds. The highest BCUT2D eigenvalue weighted by Crippen LogP contribution is 2.26. The quantitative estimate of drug-likeness (QED) is 0.121. The summed E-state index contributed by atoms with van der Waals surface area (Å²) in [5.41, 5.74) is 9.97. The van der Waals surface area contributed by atoms with Gasteiger partial charge in [-0.3, -0.25) is 14.2 Å². The van der Waals surface area contributed by atoms with Gasteiger partial charge in [-0.2, -0.15) is 0 Å². The molecule has 0 aliphatic heterocycles. The second-order valence-corrected chi connectivity index (χ2v) is 10.6. The van der Waals surface area contributed by atoms with Crippen LogP contribution in [0.3, 0.4) is 0 Å². The second-order valence-electron chi connectivity index (χ2n) is 9.90. The van der Waals surface area contributed by atoms with Gasteiger partial charge in [-0.25, -0.2) is 0 Å². The maximum Gasteiger partial charge on any atom is 0.195 e. The Morgan fingerprint density at radius 1 is 0.789 bits per heavy atom. The Labute approximate surface area is 229 Å². The molecule has 0 aliphatic rings. The highest BCUT2D eigenvalue weighted by molar-refractivity contribution is 7.34. The predicted octanol–water partition coefficient (Wildman–Crippen LogP) is 8.82. The first-order valence-corrected chi connectivity index (χ1v) is 13.9. The lowest BCUT2D eigenvalue weighted by Crippen LogP contribution is -2.21.